The first-order valence-corrected chi connectivity index (χ1v) is 5.53. The van der Waals surface area contributed by atoms with Gasteiger partial charge in [0.25, 0.3) is 0 Å². The van der Waals surface area contributed by atoms with E-state index >= 15 is 0 Å². The molecule has 0 aromatic carbocycles. The molecule has 0 bridgehead atoms. The fourth-order valence-corrected chi connectivity index (χ4v) is 2.29. The van der Waals surface area contributed by atoms with Crippen LogP contribution in [0.1, 0.15) is 40.5 Å². The van der Waals surface area contributed by atoms with Gasteiger partial charge in [-0.25, -0.2) is 0 Å². The molecule has 0 N–H and O–H groups in total. The molecule has 2 radical (unpaired) electrons. The summed E-state index contributed by atoms with van der Waals surface area (Å²) < 4.78 is 0. The molecule has 1 heterocycles. The first-order chi connectivity index (χ1) is 6.02. The molecule has 74 valence electrons. The van der Waals surface area contributed by atoms with Crippen molar-refractivity contribution < 1.29 is 0 Å². The van der Waals surface area contributed by atoms with Crippen molar-refractivity contribution in [2.24, 2.45) is 11.8 Å². The van der Waals surface area contributed by atoms with Gasteiger partial charge in [0, 0.05) is 6.04 Å². The van der Waals surface area contributed by atoms with E-state index in [9.17, 15) is 0 Å². The van der Waals surface area contributed by atoms with Crippen LogP contribution in [0.25, 0.3) is 0 Å². The summed E-state index contributed by atoms with van der Waals surface area (Å²) in [4.78, 5) is 2.42. The van der Waals surface area contributed by atoms with Crippen molar-refractivity contribution in [2.75, 3.05) is 6.54 Å². The molecule has 0 aromatic heterocycles. The number of hydrogen-bond acceptors (Lipinski definition) is 1. The summed E-state index contributed by atoms with van der Waals surface area (Å²) >= 11 is 0. The minimum Gasteiger partial charge on any atom is -0.307 e. The lowest BCUT2D eigenvalue weighted by Gasteiger charge is -2.42. The lowest BCUT2D eigenvalue weighted by molar-refractivity contribution is 0.107. The number of nitrogens with zero attached hydrogens (tertiary/aromatic N) is 1. The third-order valence-corrected chi connectivity index (χ3v) is 3.33. The molecule has 1 aliphatic heterocycles. The Kier molecular flexibility index (Phi) is 3.84. The normalized spacial score (nSPS) is 31.5. The number of rotatable bonds is 2. The maximum atomic E-state index is 6.13. The van der Waals surface area contributed by atoms with Crippen LogP contribution in [-0.2, 0) is 0 Å². The van der Waals surface area contributed by atoms with Gasteiger partial charge in [-0.1, -0.05) is 13.8 Å². The molecule has 0 amide bonds. The molecule has 1 rings (SSSR count). The van der Waals surface area contributed by atoms with Crippen LogP contribution in [-0.4, -0.2) is 31.3 Å². The van der Waals surface area contributed by atoms with Crippen molar-refractivity contribution in [2.45, 2.75) is 52.5 Å². The zero-order valence-electron chi connectivity index (χ0n) is 9.46. The van der Waals surface area contributed by atoms with Crippen LogP contribution in [0, 0.1) is 11.8 Å². The summed E-state index contributed by atoms with van der Waals surface area (Å²) in [7, 11) is 6.13. The predicted molar refractivity (Wildman–Crippen MR) is 58.9 cm³/mol. The second kappa shape index (κ2) is 4.50. The second-order valence-electron chi connectivity index (χ2n) is 4.93. The van der Waals surface area contributed by atoms with Crippen molar-refractivity contribution in [3.8, 4) is 0 Å². The van der Waals surface area contributed by atoms with Gasteiger partial charge in [-0.05, 0) is 51.0 Å². The topological polar surface area (TPSA) is 3.24 Å². The van der Waals surface area contributed by atoms with Crippen molar-refractivity contribution in [3.05, 3.63) is 0 Å². The third-order valence-electron chi connectivity index (χ3n) is 3.33. The summed E-state index contributed by atoms with van der Waals surface area (Å²) in [5, 5.41) is 0. The van der Waals surface area contributed by atoms with E-state index < -0.39 is 0 Å². The summed E-state index contributed by atoms with van der Waals surface area (Å²) in [5.74, 6) is 1.92. The van der Waals surface area contributed by atoms with Gasteiger partial charge in [0.2, 0.25) is 0 Å². The molecular weight excluding hydrogens is 157 g/mol. The quantitative estimate of drug-likeness (QED) is 0.587. The molecule has 2 atom stereocenters. The molecule has 0 aromatic rings. The van der Waals surface area contributed by atoms with Crippen LogP contribution in [0.4, 0.5) is 0 Å². The Hall–Kier alpha value is 0.0249. The summed E-state index contributed by atoms with van der Waals surface area (Å²) in [5.41, 5.74) is 0. The van der Waals surface area contributed by atoms with Gasteiger partial charge >= 0.3 is 0 Å². The van der Waals surface area contributed by atoms with E-state index in [1.807, 2.05) is 0 Å². The van der Waals surface area contributed by atoms with Gasteiger partial charge in [-0.3, -0.25) is 0 Å². The average molecular weight is 179 g/mol. The van der Waals surface area contributed by atoms with Crippen molar-refractivity contribution in [3.63, 3.8) is 0 Å². The lowest BCUT2D eigenvalue weighted by Crippen LogP contribution is -2.47. The fourth-order valence-electron chi connectivity index (χ4n) is 2.29. The average Bonchev–Trinajstić information content (AvgIpc) is 2.03. The standard InChI is InChI=1S/C11H22BN/c1-8(2)10-5-6-13(9(3)4)11(12)7-10/h8-11H,5-7H2,1-4H3. The van der Waals surface area contributed by atoms with Gasteiger partial charge in [0.1, 0.15) is 0 Å². The summed E-state index contributed by atoms with van der Waals surface area (Å²) in [6, 6.07) is 0.600. The Morgan fingerprint density at radius 2 is 1.85 bits per heavy atom. The van der Waals surface area contributed by atoms with Crippen LogP contribution in [0.15, 0.2) is 0 Å². The van der Waals surface area contributed by atoms with Crippen LogP contribution < -0.4 is 0 Å². The van der Waals surface area contributed by atoms with E-state index in [0.717, 1.165) is 11.8 Å². The van der Waals surface area contributed by atoms with E-state index in [1.54, 1.807) is 0 Å². The molecule has 0 spiro atoms. The van der Waals surface area contributed by atoms with Crippen LogP contribution in [0.3, 0.4) is 0 Å². The van der Waals surface area contributed by atoms with E-state index in [-0.39, 0.29) is 0 Å². The monoisotopic (exact) mass is 179 g/mol. The molecule has 1 fully saturated rings. The molecule has 0 aliphatic carbocycles. The Morgan fingerprint density at radius 1 is 1.23 bits per heavy atom. The Morgan fingerprint density at radius 3 is 2.23 bits per heavy atom. The van der Waals surface area contributed by atoms with E-state index in [0.29, 0.717) is 12.0 Å². The molecule has 13 heavy (non-hydrogen) atoms. The Balaban J connectivity index is 2.46. The highest BCUT2D eigenvalue weighted by atomic mass is 15.2. The molecular formula is C11H22BN. The lowest BCUT2D eigenvalue weighted by atomic mass is 9.75. The first-order valence-electron chi connectivity index (χ1n) is 5.53. The van der Waals surface area contributed by atoms with E-state index in [4.69, 9.17) is 7.85 Å². The molecule has 0 saturated carbocycles. The maximum Gasteiger partial charge on any atom is 0.0910 e. The molecule has 2 unspecified atom stereocenters. The zero-order valence-corrected chi connectivity index (χ0v) is 9.46. The van der Waals surface area contributed by atoms with Gasteiger partial charge in [0.15, 0.2) is 0 Å². The Bertz CT molecular complexity index is 156. The van der Waals surface area contributed by atoms with Crippen LogP contribution in [0.2, 0.25) is 0 Å². The van der Waals surface area contributed by atoms with Crippen LogP contribution >= 0.6 is 0 Å². The molecule has 1 saturated heterocycles. The minimum atomic E-state index is 0.293. The van der Waals surface area contributed by atoms with Gasteiger partial charge in [-0.15, -0.1) is 0 Å². The number of hydrogen-bond donors (Lipinski definition) is 0. The van der Waals surface area contributed by atoms with Crippen molar-refractivity contribution in [1.29, 1.82) is 0 Å². The highest BCUT2D eigenvalue weighted by Gasteiger charge is 2.27. The Labute approximate surface area is 84.3 Å². The van der Waals surface area contributed by atoms with Crippen LogP contribution in [0.5, 0.6) is 0 Å². The maximum absolute atomic E-state index is 6.13. The highest BCUT2D eigenvalue weighted by molar-refractivity contribution is 6.11. The highest BCUT2D eigenvalue weighted by Crippen LogP contribution is 2.28. The molecule has 2 heteroatoms. The second-order valence-corrected chi connectivity index (χ2v) is 4.93. The first kappa shape index (κ1) is 11.1. The zero-order chi connectivity index (χ0) is 10.0. The van der Waals surface area contributed by atoms with E-state index in [1.165, 1.54) is 19.4 Å². The SMILES string of the molecule is [B]C1CC(C(C)C)CCN1C(C)C. The molecule has 1 nitrogen and oxygen atoms in total. The predicted octanol–water partition coefficient (Wildman–Crippen LogP) is 2.26. The van der Waals surface area contributed by atoms with Gasteiger partial charge in [0.05, 0.1) is 7.85 Å². The van der Waals surface area contributed by atoms with Gasteiger partial charge in [-0.2, -0.15) is 0 Å². The smallest absolute Gasteiger partial charge is 0.0910 e. The van der Waals surface area contributed by atoms with E-state index in [2.05, 4.69) is 32.6 Å². The summed E-state index contributed by atoms with van der Waals surface area (Å²) in [6.07, 6.45) is 2.50. The number of likely N-dealkylation sites (tertiary alicyclic amines) is 1. The fraction of sp³-hybridized carbons (Fsp3) is 1.00. The van der Waals surface area contributed by atoms with Crippen molar-refractivity contribution >= 4 is 7.85 Å². The largest absolute Gasteiger partial charge is 0.307 e. The van der Waals surface area contributed by atoms with Crippen molar-refractivity contribution in [1.82, 2.24) is 4.90 Å². The minimum absolute atomic E-state index is 0.293. The van der Waals surface area contributed by atoms with Gasteiger partial charge < -0.3 is 4.90 Å². The third kappa shape index (κ3) is 2.73. The summed E-state index contributed by atoms with van der Waals surface area (Å²) in [6.45, 7) is 10.3. The molecule has 1 aliphatic rings. The number of piperidine rings is 1.